The fourth-order valence-electron chi connectivity index (χ4n) is 1.78. The highest BCUT2D eigenvalue weighted by molar-refractivity contribution is 5.87. The molecular weight excluding hydrogens is 232 g/mol. The van der Waals surface area contributed by atoms with Crippen molar-refractivity contribution in [3.05, 3.63) is 57.8 Å². The molecule has 18 heavy (non-hydrogen) atoms. The van der Waals surface area contributed by atoms with Gasteiger partial charge >= 0.3 is 5.97 Å². The van der Waals surface area contributed by atoms with Crippen LogP contribution < -0.4 is 5.56 Å². The molecule has 0 radical (unpaired) electrons. The van der Waals surface area contributed by atoms with E-state index in [0.717, 1.165) is 5.69 Å². The predicted octanol–water partition coefficient (Wildman–Crippen LogP) is 1.55. The molecule has 0 aromatic carbocycles. The minimum absolute atomic E-state index is 0.241. The third kappa shape index (κ3) is 2.02. The van der Waals surface area contributed by atoms with Gasteiger partial charge in [0.1, 0.15) is 5.56 Å². The van der Waals surface area contributed by atoms with Crippen LogP contribution in [0.25, 0.3) is 5.69 Å². The summed E-state index contributed by atoms with van der Waals surface area (Å²) in [5, 5.41) is 8.96. The largest absolute Gasteiger partial charge is 0.477 e. The van der Waals surface area contributed by atoms with Gasteiger partial charge in [0.25, 0.3) is 5.56 Å². The Morgan fingerprint density at radius 3 is 2.61 bits per heavy atom. The smallest absolute Gasteiger partial charge is 0.341 e. The van der Waals surface area contributed by atoms with Gasteiger partial charge in [-0.3, -0.25) is 14.3 Å². The van der Waals surface area contributed by atoms with E-state index in [-0.39, 0.29) is 5.56 Å². The fraction of sp³-hybridized carbons (Fsp3) is 0.154. The van der Waals surface area contributed by atoms with Crippen LogP contribution in [0.1, 0.15) is 21.7 Å². The molecule has 1 N–H and O–H groups in total. The molecule has 0 saturated carbocycles. The lowest BCUT2D eigenvalue weighted by molar-refractivity contribution is 0.0694. The van der Waals surface area contributed by atoms with Crippen LogP contribution in [0.3, 0.4) is 0 Å². The molecule has 0 spiro atoms. The van der Waals surface area contributed by atoms with E-state index in [4.69, 9.17) is 5.11 Å². The van der Waals surface area contributed by atoms with Gasteiger partial charge in [-0.05, 0) is 38.1 Å². The first-order chi connectivity index (χ1) is 8.50. The molecule has 5 heteroatoms. The van der Waals surface area contributed by atoms with Gasteiger partial charge in [-0.15, -0.1) is 0 Å². The van der Waals surface area contributed by atoms with Crippen molar-refractivity contribution in [1.82, 2.24) is 9.55 Å². The summed E-state index contributed by atoms with van der Waals surface area (Å²) >= 11 is 0. The van der Waals surface area contributed by atoms with E-state index >= 15 is 0 Å². The summed E-state index contributed by atoms with van der Waals surface area (Å²) in [4.78, 5) is 27.1. The van der Waals surface area contributed by atoms with E-state index in [9.17, 15) is 9.59 Å². The summed E-state index contributed by atoms with van der Waals surface area (Å²) in [6.07, 6.45) is 1.59. The number of carboxylic acids is 1. The Kier molecular flexibility index (Phi) is 2.97. The minimum Gasteiger partial charge on any atom is -0.477 e. The molecule has 0 saturated heterocycles. The third-order valence-corrected chi connectivity index (χ3v) is 2.65. The first-order valence-corrected chi connectivity index (χ1v) is 5.39. The molecule has 0 atom stereocenters. The van der Waals surface area contributed by atoms with Crippen molar-refractivity contribution in [3.63, 3.8) is 0 Å². The second-order valence-corrected chi connectivity index (χ2v) is 3.99. The molecule has 92 valence electrons. The van der Waals surface area contributed by atoms with Crippen molar-refractivity contribution in [2.75, 3.05) is 0 Å². The van der Waals surface area contributed by atoms with Gasteiger partial charge in [-0.25, -0.2) is 4.79 Å². The highest BCUT2D eigenvalue weighted by atomic mass is 16.4. The monoisotopic (exact) mass is 244 g/mol. The van der Waals surface area contributed by atoms with Crippen LogP contribution in [0.4, 0.5) is 0 Å². The lowest BCUT2D eigenvalue weighted by Crippen LogP contribution is -2.26. The minimum atomic E-state index is -1.22. The maximum atomic E-state index is 12.1. The van der Waals surface area contributed by atoms with Crippen LogP contribution in [0.15, 0.2) is 35.3 Å². The van der Waals surface area contributed by atoms with E-state index < -0.39 is 11.5 Å². The first-order valence-electron chi connectivity index (χ1n) is 5.39. The van der Waals surface area contributed by atoms with Gasteiger partial charge < -0.3 is 5.11 Å². The number of carbonyl (C=O) groups is 1. The Labute approximate surface area is 103 Å². The Morgan fingerprint density at radius 2 is 2.00 bits per heavy atom. The standard InChI is InChI=1S/C13H12N2O3/c1-8-7-10(5-6-14-8)15-9(2)3-4-11(12(15)16)13(17)18/h3-7H,1-2H3,(H,17,18). The average Bonchev–Trinajstić information content (AvgIpc) is 2.28. The van der Waals surface area contributed by atoms with Gasteiger partial charge in [0.05, 0.1) is 5.69 Å². The number of aryl methyl sites for hydroxylation is 2. The second kappa shape index (κ2) is 4.44. The number of rotatable bonds is 2. The van der Waals surface area contributed by atoms with Gasteiger partial charge in [-0.1, -0.05) is 0 Å². The van der Waals surface area contributed by atoms with Crippen LogP contribution in [0, 0.1) is 13.8 Å². The van der Waals surface area contributed by atoms with Gasteiger partial charge in [-0.2, -0.15) is 0 Å². The average molecular weight is 244 g/mol. The lowest BCUT2D eigenvalue weighted by atomic mass is 10.2. The maximum absolute atomic E-state index is 12.1. The fourth-order valence-corrected chi connectivity index (χ4v) is 1.78. The van der Waals surface area contributed by atoms with E-state index in [1.807, 2.05) is 6.92 Å². The molecule has 5 nitrogen and oxygen atoms in total. The van der Waals surface area contributed by atoms with Crippen molar-refractivity contribution in [1.29, 1.82) is 0 Å². The first kappa shape index (κ1) is 12.0. The topological polar surface area (TPSA) is 72.2 Å². The predicted molar refractivity (Wildman–Crippen MR) is 66.3 cm³/mol. The molecule has 2 aromatic rings. The summed E-state index contributed by atoms with van der Waals surface area (Å²) in [7, 11) is 0. The summed E-state index contributed by atoms with van der Waals surface area (Å²) < 4.78 is 1.37. The van der Waals surface area contributed by atoms with Crippen LogP contribution in [0.2, 0.25) is 0 Å². The second-order valence-electron chi connectivity index (χ2n) is 3.99. The van der Waals surface area contributed by atoms with Gasteiger partial charge in [0, 0.05) is 17.6 Å². The molecule has 0 fully saturated rings. The normalized spacial score (nSPS) is 10.3. The molecule has 2 heterocycles. The Balaban J connectivity index is 2.75. The maximum Gasteiger partial charge on any atom is 0.341 e. The van der Waals surface area contributed by atoms with Crippen LogP contribution in [0.5, 0.6) is 0 Å². The molecule has 2 rings (SSSR count). The number of pyridine rings is 2. The number of aromatic nitrogens is 2. The Morgan fingerprint density at radius 1 is 1.28 bits per heavy atom. The van der Waals surface area contributed by atoms with E-state index in [1.165, 1.54) is 10.6 Å². The van der Waals surface area contributed by atoms with Crippen LogP contribution >= 0.6 is 0 Å². The zero-order chi connectivity index (χ0) is 13.3. The zero-order valence-corrected chi connectivity index (χ0v) is 10.0. The van der Waals surface area contributed by atoms with Crippen molar-refractivity contribution in [2.24, 2.45) is 0 Å². The van der Waals surface area contributed by atoms with Crippen LogP contribution in [-0.4, -0.2) is 20.6 Å². The zero-order valence-electron chi connectivity index (χ0n) is 10.0. The molecule has 2 aromatic heterocycles. The number of hydrogen-bond acceptors (Lipinski definition) is 3. The highest BCUT2D eigenvalue weighted by Crippen LogP contribution is 2.09. The summed E-state index contributed by atoms with van der Waals surface area (Å²) in [5.41, 5.74) is 1.28. The van der Waals surface area contributed by atoms with E-state index in [2.05, 4.69) is 4.98 Å². The SMILES string of the molecule is Cc1cc(-n2c(C)ccc(C(=O)O)c2=O)ccn1. The molecule has 0 amide bonds. The summed E-state index contributed by atoms with van der Waals surface area (Å²) in [6.45, 7) is 3.56. The quantitative estimate of drug-likeness (QED) is 0.869. The molecule has 0 unspecified atom stereocenters. The van der Waals surface area contributed by atoms with Crippen molar-refractivity contribution >= 4 is 5.97 Å². The third-order valence-electron chi connectivity index (χ3n) is 2.65. The van der Waals surface area contributed by atoms with Crippen molar-refractivity contribution < 1.29 is 9.90 Å². The number of carboxylic acid groups (broad SMARTS) is 1. The Hall–Kier alpha value is -2.43. The van der Waals surface area contributed by atoms with Crippen molar-refractivity contribution in [3.8, 4) is 5.69 Å². The lowest BCUT2D eigenvalue weighted by Gasteiger charge is -2.10. The van der Waals surface area contributed by atoms with Gasteiger partial charge in [0.15, 0.2) is 0 Å². The van der Waals surface area contributed by atoms with Crippen molar-refractivity contribution in [2.45, 2.75) is 13.8 Å². The molecule has 0 aliphatic heterocycles. The summed E-state index contributed by atoms with van der Waals surface area (Å²) in [5.74, 6) is -1.22. The van der Waals surface area contributed by atoms with Crippen LogP contribution in [-0.2, 0) is 0 Å². The highest BCUT2D eigenvalue weighted by Gasteiger charge is 2.13. The Bertz CT molecular complexity index is 674. The molecular formula is C13H12N2O3. The molecule has 0 bridgehead atoms. The number of nitrogens with zero attached hydrogens (tertiary/aromatic N) is 2. The molecule has 0 aliphatic rings. The van der Waals surface area contributed by atoms with Gasteiger partial charge in [0.2, 0.25) is 0 Å². The van der Waals surface area contributed by atoms with E-state index in [1.54, 1.807) is 31.3 Å². The number of hydrogen-bond donors (Lipinski definition) is 1. The molecule has 0 aliphatic carbocycles. The summed E-state index contributed by atoms with van der Waals surface area (Å²) in [6, 6.07) is 6.35. The number of aromatic carboxylic acids is 1. The van der Waals surface area contributed by atoms with E-state index in [0.29, 0.717) is 11.4 Å².